The predicted octanol–water partition coefficient (Wildman–Crippen LogP) is 2.92. The number of hydrogen-bond acceptors (Lipinski definition) is 2. The van der Waals surface area contributed by atoms with E-state index in [9.17, 15) is 9.59 Å². The number of imide groups is 1. The third kappa shape index (κ3) is 1.84. The van der Waals surface area contributed by atoms with Gasteiger partial charge in [-0.25, -0.2) is 9.69 Å². The van der Waals surface area contributed by atoms with Gasteiger partial charge in [0.25, 0.3) is 0 Å². The summed E-state index contributed by atoms with van der Waals surface area (Å²) in [7, 11) is 0. The Morgan fingerprint density at radius 2 is 1.75 bits per heavy atom. The van der Waals surface area contributed by atoms with Crippen molar-refractivity contribution in [3.8, 4) is 0 Å². The molecule has 102 valence electrons. The number of fused-ring (bicyclic) bond motifs is 1. The molecule has 3 rings (SSSR count). The van der Waals surface area contributed by atoms with E-state index in [-0.39, 0.29) is 11.9 Å². The Morgan fingerprint density at radius 1 is 1.05 bits per heavy atom. The second-order valence-corrected chi connectivity index (χ2v) is 5.68. The topological polar surface area (TPSA) is 49.4 Å². The number of carbonyl (C=O) groups is 2. The van der Waals surface area contributed by atoms with Crippen LogP contribution in [0.1, 0.15) is 13.8 Å². The smallest absolute Gasteiger partial charge is 0.328 e. The van der Waals surface area contributed by atoms with Gasteiger partial charge in [-0.05, 0) is 25.3 Å². The summed E-state index contributed by atoms with van der Waals surface area (Å²) in [6, 6.07) is 13.0. The van der Waals surface area contributed by atoms with E-state index in [0.717, 1.165) is 10.8 Å². The summed E-state index contributed by atoms with van der Waals surface area (Å²) in [6.45, 7) is 4.05. The molecule has 0 radical (unpaired) electrons. The van der Waals surface area contributed by atoms with Crippen molar-refractivity contribution in [2.75, 3.05) is 11.4 Å². The molecule has 0 atom stereocenters. The molecule has 0 saturated carbocycles. The first-order chi connectivity index (χ1) is 9.50. The number of hydrogen-bond donors (Lipinski definition) is 1. The lowest BCUT2D eigenvalue weighted by molar-refractivity contribution is -0.126. The fourth-order valence-electron chi connectivity index (χ4n) is 2.47. The van der Waals surface area contributed by atoms with Crippen molar-refractivity contribution in [2.24, 2.45) is 5.41 Å². The predicted molar refractivity (Wildman–Crippen MR) is 78.6 cm³/mol. The van der Waals surface area contributed by atoms with Crippen molar-refractivity contribution in [2.45, 2.75) is 13.8 Å². The summed E-state index contributed by atoms with van der Waals surface area (Å²) >= 11 is 0. The van der Waals surface area contributed by atoms with E-state index in [4.69, 9.17) is 0 Å². The van der Waals surface area contributed by atoms with Crippen LogP contribution in [0.5, 0.6) is 0 Å². The average molecular weight is 268 g/mol. The Hall–Kier alpha value is -2.36. The minimum atomic E-state index is -0.592. The molecule has 1 aliphatic rings. The second kappa shape index (κ2) is 4.34. The monoisotopic (exact) mass is 268 g/mol. The highest BCUT2D eigenvalue weighted by Gasteiger charge is 2.41. The summed E-state index contributed by atoms with van der Waals surface area (Å²) in [4.78, 5) is 26.0. The third-order valence-corrected chi connectivity index (χ3v) is 3.67. The molecule has 4 heteroatoms. The Labute approximate surface area is 117 Å². The number of nitrogens with zero attached hydrogens (tertiary/aromatic N) is 1. The molecule has 20 heavy (non-hydrogen) atoms. The first-order valence-electron chi connectivity index (χ1n) is 6.61. The van der Waals surface area contributed by atoms with Crippen molar-refractivity contribution in [3.05, 3.63) is 42.5 Å². The highest BCUT2D eigenvalue weighted by molar-refractivity contribution is 6.21. The molecule has 1 aliphatic heterocycles. The lowest BCUT2D eigenvalue weighted by atomic mass is 9.89. The molecule has 4 nitrogen and oxygen atoms in total. The molecule has 0 aromatic heterocycles. The Balaban J connectivity index is 2.19. The van der Waals surface area contributed by atoms with Crippen LogP contribution in [0.2, 0.25) is 0 Å². The van der Waals surface area contributed by atoms with E-state index >= 15 is 0 Å². The summed E-state index contributed by atoms with van der Waals surface area (Å²) in [5.74, 6) is -0.169. The van der Waals surface area contributed by atoms with Crippen LogP contribution < -0.4 is 10.2 Å². The first kappa shape index (κ1) is 12.7. The zero-order valence-corrected chi connectivity index (χ0v) is 11.5. The normalized spacial score (nSPS) is 18.2. The van der Waals surface area contributed by atoms with Crippen LogP contribution in [0.15, 0.2) is 42.5 Å². The fraction of sp³-hybridized carbons (Fsp3) is 0.250. The lowest BCUT2D eigenvalue weighted by Gasteiger charge is -2.36. The van der Waals surface area contributed by atoms with Crippen molar-refractivity contribution >= 4 is 28.4 Å². The molecule has 1 saturated heterocycles. The quantitative estimate of drug-likeness (QED) is 0.864. The number of amides is 3. The van der Waals surface area contributed by atoms with Gasteiger partial charge in [0.1, 0.15) is 0 Å². The number of benzene rings is 2. The molecule has 2 aromatic rings. The minimum absolute atomic E-state index is 0.169. The molecule has 0 unspecified atom stereocenters. The molecular formula is C16H16N2O2. The maximum Gasteiger partial charge on any atom is 0.328 e. The standard InChI is InChI=1S/C16H16N2O2/c1-16(2)10-17-15(20)18(14(16)19)13-9-5-7-11-6-3-4-8-12(11)13/h3-9H,10H2,1-2H3,(H,17,20). The van der Waals surface area contributed by atoms with Crippen molar-refractivity contribution < 1.29 is 9.59 Å². The number of urea groups is 1. The zero-order chi connectivity index (χ0) is 14.3. The van der Waals surface area contributed by atoms with Gasteiger partial charge in [-0.3, -0.25) is 4.79 Å². The highest BCUT2D eigenvalue weighted by atomic mass is 16.2. The van der Waals surface area contributed by atoms with Crippen LogP contribution in [0.3, 0.4) is 0 Å². The Morgan fingerprint density at radius 3 is 2.55 bits per heavy atom. The summed E-state index contributed by atoms with van der Waals surface area (Å²) < 4.78 is 0. The van der Waals surface area contributed by atoms with Crippen LogP contribution in [-0.2, 0) is 4.79 Å². The van der Waals surface area contributed by atoms with E-state index in [0.29, 0.717) is 12.2 Å². The highest BCUT2D eigenvalue weighted by Crippen LogP contribution is 2.32. The molecule has 0 spiro atoms. The van der Waals surface area contributed by atoms with Gasteiger partial charge in [0, 0.05) is 11.9 Å². The van der Waals surface area contributed by atoms with E-state index in [2.05, 4.69) is 5.32 Å². The van der Waals surface area contributed by atoms with Crippen molar-refractivity contribution in [3.63, 3.8) is 0 Å². The largest absolute Gasteiger partial charge is 0.336 e. The third-order valence-electron chi connectivity index (χ3n) is 3.67. The van der Waals surface area contributed by atoms with Crippen LogP contribution in [0, 0.1) is 5.41 Å². The van der Waals surface area contributed by atoms with Crippen molar-refractivity contribution in [1.82, 2.24) is 5.32 Å². The van der Waals surface area contributed by atoms with Gasteiger partial charge in [0.15, 0.2) is 0 Å². The molecule has 0 bridgehead atoms. The Kier molecular flexibility index (Phi) is 2.74. The number of rotatable bonds is 1. The maximum absolute atomic E-state index is 12.6. The Bertz CT molecular complexity index is 701. The summed E-state index contributed by atoms with van der Waals surface area (Å²) in [6.07, 6.45) is 0. The summed E-state index contributed by atoms with van der Waals surface area (Å²) in [5, 5.41) is 4.69. The maximum atomic E-state index is 12.6. The SMILES string of the molecule is CC1(C)CNC(=O)N(c2cccc3ccccc23)C1=O. The summed E-state index contributed by atoms with van der Waals surface area (Å²) in [5.41, 5.74) is 0.0450. The van der Waals surface area contributed by atoms with Crippen LogP contribution in [0.4, 0.5) is 10.5 Å². The average Bonchev–Trinajstić information content (AvgIpc) is 2.44. The number of anilines is 1. The van der Waals surface area contributed by atoms with E-state index in [1.54, 1.807) is 6.07 Å². The van der Waals surface area contributed by atoms with E-state index < -0.39 is 5.41 Å². The fourth-order valence-corrected chi connectivity index (χ4v) is 2.47. The molecule has 1 heterocycles. The first-order valence-corrected chi connectivity index (χ1v) is 6.61. The van der Waals surface area contributed by atoms with Gasteiger partial charge in [0.2, 0.25) is 5.91 Å². The van der Waals surface area contributed by atoms with E-state index in [1.807, 2.05) is 50.2 Å². The van der Waals surface area contributed by atoms with Gasteiger partial charge < -0.3 is 5.32 Å². The van der Waals surface area contributed by atoms with Gasteiger partial charge >= 0.3 is 6.03 Å². The molecule has 2 aromatic carbocycles. The van der Waals surface area contributed by atoms with Crippen molar-refractivity contribution in [1.29, 1.82) is 0 Å². The second-order valence-electron chi connectivity index (χ2n) is 5.68. The minimum Gasteiger partial charge on any atom is -0.336 e. The van der Waals surface area contributed by atoms with Crippen LogP contribution >= 0.6 is 0 Å². The number of carbonyl (C=O) groups excluding carboxylic acids is 2. The molecule has 3 amide bonds. The van der Waals surface area contributed by atoms with E-state index in [1.165, 1.54) is 4.90 Å². The van der Waals surface area contributed by atoms with Crippen LogP contribution in [-0.4, -0.2) is 18.5 Å². The van der Waals surface area contributed by atoms with Gasteiger partial charge in [-0.15, -0.1) is 0 Å². The van der Waals surface area contributed by atoms with Crippen LogP contribution in [0.25, 0.3) is 10.8 Å². The molecular weight excluding hydrogens is 252 g/mol. The van der Waals surface area contributed by atoms with Gasteiger partial charge in [-0.2, -0.15) is 0 Å². The zero-order valence-electron chi connectivity index (χ0n) is 11.5. The van der Waals surface area contributed by atoms with Gasteiger partial charge in [0.05, 0.1) is 11.1 Å². The molecule has 0 aliphatic carbocycles. The lowest BCUT2D eigenvalue weighted by Crippen LogP contribution is -2.59. The molecule has 1 fully saturated rings. The number of nitrogens with one attached hydrogen (secondary N) is 1. The molecule has 1 N–H and O–H groups in total. The van der Waals surface area contributed by atoms with Gasteiger partial charge in [-0.1, -0.05) is 36.4 Å².